The minimum atomic E-state index is -0.0453. The maximum absolute atomic E-state index is 12.0. The Hall–Kier alpha value is -3.11. The molecule has 0 bridgehead atoms. The number of likely N-dealkylation sites (N-methyl/N-ethyl adjacent to an activating group) is 1. The molecule has 2 aromatic heterocycles. The molecule has 0 saturated carbocycles. The second kappa shape index (κ2) is 10.9. The van der Waals surface area contributed by atoms with Crippen molar-refractivity contribution in [3.05, 3.63) is 42.1 Å². The molecule has 1 atom stereocenters. The lowest BCUT2D eigenvalue weighted by atomic mass is 9.99. The Bertz CT molecular complexity index is 1110. The predicted molar refractivity (Wildman–Crippen MR) is 136 cm³/mol. The van der Waals surface area contributed by atoms with E-state index in [0.717, 1.165) is 55.1 Å². The lowest BCUT2D eigenvalue weighted by Gasteiger charge is -2.36. The van der Waals surface area contributed by atoms with Crippen molar-refractivity contribution in [2.75, 3.05) is 49.3 Å². The van der Waals surface area contributed by atoms with E-state index in [-0.39, 0.29) is 18.6 Å². The van der Waals surface area contributed by atoms with Crippen molar-refractivity contribution in [3.8, 4) is 0 Å². The van der Waals surface area contributed by atoms with Gasteiger partial charge in [-0.3, -0.25) is 4.79 Å². The summed E-state index contributed by atoms with van der Waals surface area (Å²) in [6.07, 6.45) is 5.65. The molecule has 1 amide bonds. The first-order valence-electron chi connectivity index (χ1n) is 11.7. The molecule has 0 spiro atoms. The van der Waals surface area contributed by atoms with Gasteiger partial charge in [-0.05, 0) is 62.9 Å². The number of piperidine rings is 1. The molecule has 0 aliphatic carbocycles. The van der Waals surface area contributed by atoms with E-state index in [4.69, 9.17) is 12.8 Å². The topological polar surface area (TPSA) is 98.0 Å². The number of fused-ring (bicyclic) bond motifs is 1. The van der Waals surface area contributed by atoms with Crippen molar-refractivity contribution in [2.24, 2.45) is 0 Å². The van der Waals surface area contributed by atoms with E-state index in [1.165, 1.54) is 0 Å². The largest absolute Gasteiger partial charge is 0.396 e. The van der Waals surface area contributed by atoms with Crippen LogP contribution in [0.15, 0.2) is 36.5 Å². The van der Waals surface area contributed by atoms with E-state index in [1.54, 1.807) is 10.7 Å². The molecule has 3 N–H and O–H groups in total. The number of hydrogen-bond acceptors (Lipinski definition) is 7. The molecule has 1 unspecified atom stereocenters. The summed E-state index contributed by atoms with van der Waals surface area (Å²) >= 11 is 0. The Morgan fingerprint density at radius 1 is 1.26 bits per heavy atom. The van der Waals surface area contributed by atoms with Gasteiger partial charge in [0, 0.05) is 43.7 Å². The molecule has 1 aliphatic rings. The number of nitrogens with zero attached hydrogens (tertiary/aromatic N) is 5. The van der Waals surface area contributed by atoms with Gasteiger partial charge in [0.2, 0.25) is 5.91 Å². The summed E-state index contributed by atoms with van der Waals surface area (Å²) in [4.78, 5) is 20.9. The smallest absolute Gasteiger partial charge is 0.238 e. The van der Waals surface area contributed by atoms with Crippen LogP contribution in [0.2, 0.25) is 0 Å². The van der Waals surface area contributed by atoms with Crippen molar-refractivity contribution >= 4 is 42.2 Å². The van der Waals surface area contributed by atoms with Gasteiger partial charge in [-0.2, -0.15) is 9.61 Å². The predicted octanol–water partition coefficient (Wildman–Crippen LogP) is 1.38. The minimum Gasteiger partial charge on any atom is -0.396 e. The first kappa shape index (κ1) is 24.0. The first-order valence-corrected chi connectivity index (χ1v) is 11.7. The highest BCUT2D eigenvalue weighted by Crippen LogP contribution is 2.27. The van der Waals surface area contributed by atoms with Crippen molar-refractivity contribution in [1.29, 1.82) is 0 Å². The Morgan fingerprint density at radius 2 is 2.06 bits per heavy atom. The number of carbonyl (C=O) groups is 1. The van der Waals surface area contributed by atoms with Gasteiger partial charge in [-0.25, -0.2) is 4.98 Å². The van der Waals surface area contributed by atoms with E-state index in [1.807, 2.05) is 49.3 Å². The summed E-state index contributed by atoms with van der Waals surface area (Å²) < 4.78 is 1.72. The maximum atomic E-state index is 12.0. The quantitative estimate of drug-likeness (QED) is 0.414. The SMILES string of the molecule is [B]c1cnn2c(NCc3ccc(NC(=O)CN(C)C)cc3)cc(N3CCCCC3CCO)nc12. The molecular formula is C24H32BN7O2. The summed E-state index contributed by atoms with van der Waals surface area (Å²) in [6.45, 7) is 1.98. The molecule has 1 saturated heterocycles. The second-order valence-corrected chi connectivity index (χ2v) is 9.03. The molecule has 3 aromatic rings. The number of benzene rings is 1. The number of anilines is 3. The maximum Gasteiger partial charge on any atom is 0.238 e. The van der Waals surface area contributed by atoms with Crippen LogP contribution in [0.4, 0.5) is 17.3 Å². The van der Waals surface area contributed by atoms with Crippen molar-refractivity contribution < 1.29 is 9.90 Å². The molecule has 178 valence electrons. The number of aromatic nitrogens is 3. The van der Waals surface area contributed by atoms with Crippen LogP contribution in [0.5, 0.6) is 0 Å². The summed E-state index contributed by atoms with van der Waals surface area (Å²) in [7, 11) is 9.89. The summed E-state index contributed by atoms with van der Waals surface area (Å²) in [5.41, 5.74) is 2.98. The fourth-order valence-electron chi connectivity index (χ4n) is 4.38. The number of hydrogen-bond donors (Lipinski definition) is 3. The van der Waals surface area contributed by atoms with E-state index in [0.29, 0.717) is 24.2 Å². The Morgan fingerprint density at radius 3 is 2.79 bits per heavy atom. The second-order valence-electron chi connectivity index (χ2n) is 9.03. The number of aliphatic hydroxyl groups excluding tert-OH is 1. The van der Waals surface area contributed by atoms with Gasteiger partial charge in [0.05, 0.1) is 6.54 Å². The highest BCUT2D eigenvalue weighted by molar-refractivity contribution is 6.36. The standard InChI is InChI=1S/C24H32BN7O2/c1-30(2)16-23(34)28-18-8-6-17(7-9-18)14-26-21-13-22(29-24-20(25)15-27-32(21)24)31-11-4-3-5-19(31)10-12-33/h6-9,13,15,19,26,33H,3-5,10-12,14,16H2,1-2H3,(H,28,34). The number of nitrogens with one attached hydrogen (secondary N) is 2. The van der Waals surface area contributed by atoms with Crippen LogP contribution >= 0.6 is 0 Å². The number of amides is 1. The van der Waals surface area contributed by atoms with Crippen LogP contribution in [0.3, 0.4) is 0 Å². The number of aliphatic hydroxyl groups is 1. The zero-order chi connectivity index (χ0) is 24.1. The third-order valence-corrected chi connectivity index (χ3v) is 6.04. The van der Waals surface area contributed by atoms with Crippen LogP contribution in [-0.2, 0) is 11.3 Å². The molecule has 1 aliphatic heterocycles. The first-order chi connectivity index (χ1) is 16.4. The van der Waals surface area contributed by atoms with Crippen LogP contribution < -0.4 is 21.0 Å². The van der Waals surface area contributed by atoms with Crippen molar-refractivity contribution in [1.82, 2.24) is 19.5 Å². The van der Waals surface area contributed by atoms with Crippen LogP contribution in [0, 0.1) is 0 Å². The molecule has 1 aromatic carbocycles. The van der Waals surface area contributed by atoms with Gasteiger partial charge in [0.25, 0.3) is 0 Å². The Kier molecular flexibility index (Phi) is 7.69. The summed E-state index contributed by atoms with van der Waals surface area (Å²) in [6, 6.07) is 10.0. The molecule has 34 heavy (non-hydrogen) atoms. The molecule has 2 radical (unpaired) electrons. The van der Waals surface area contributed by atoms with Crippen molar-refractivity contribution in [2.45, 2.75) is 38.3 Å². The summed E-state index contributed by atoms with van der Waals surface area (Å²) in [5, 5.41) is 20.3. The lowest BCUT2D eigenvalue weighted by molar-refractivity contribution is -0.116. The fraction of sp³-hybridized carbons (Fsp3) is 0.458. The van der Waals surface area contributed by atoms with E-state index < -0.39 is 0 Å². The van der Waals surface area contributed by atoms with Gasteiger partial charge >= 0.3 is 0 Å². The van der Waals surface area contributed by atoms with Crippen molar-refractivity contribution in [3.63, 3.8) is 0 Å². The van der Waals surface area contributed by atoms with Crippen LogP contribution in [-0.4, -0.2) is 78.2 Å². The molecule has 4 rings (SSSR count). The minimum absolute atomic E-state index is 0.0453. The van der Waals surface area contributed by atoms with E-state index >= 15 is 0 Å². The molecule has 10 heteroatoms. The normalized spacial score (nSPS) is 16.2. The van der Waals surface area contributed by atoms with Gasteiger partial charge in [-0.1, -0.05) is 12.1 Å². The van der Waals surface area contributed by atoms with Crippen LogP contribution in [0.25, 0.3) is 5.65 Å². The number of carbonyl (C=O) groups excluding carboxylic acids is 1. The third kappa shape index (κ3) is 5.68. The van der Waals surface area contributed by atoms with E-state index in [2.05, 4.69) is 20.6 Å². The third-order valence-electron chi connectivity index (χ3n) is 6.04. The zero-order valence-corrected chi connectivity index (χ0v) is 19.9. The Labute approximate surface area is 201 Å². The van der Waals surface area contributed by atoms with Crippen LogP contribution in [0.1, 0.15) is 31.2 Å². The van der Waals surface area contributed by atoms with E-state index in [9.17, 15) is 9.90 Å². The highest BCUT2D eigenvalue weighted by atomic mass is 16.3. The summed E-state index contributed by atoms with van der Waals surface area (Å²) in [5.74, 6) is 1.60. The Balaban J connectivity index is 1.51. The fourth-order valence-corrected chi connectivity index (χ4v) is 4.38. The average molecular weight is 461 g/mol. The monoisotopic (exact) mass is 461 g/mol. The van der Waals surface area contributed by atoms with Gasteiger partial charge in [0.15, 0.2) is 5.65 Å². The highest BCUT2D eigenvalue weighted by Gasteiger charge is 2.24. The number of rotatable bonds is 9. The molecule has 9 nitrogen and oxygen atoms in total. The average Bonchev–Trinajstić information content (AvgIpc) is 3.19. The van der Waals surface area contributed by atoms with Gasteiger partial charge in [0.1, 0.15) is 19.5 Å². The zero-order valence-electron chi connectivity index (χ0n) is 19.9. The van der Waals surface area contributed by atoms with Gasteiger partial charge in [-0.15, -0.1) is 0 Å². The molecular weight excluding hydrogens is 429 g/mol. The molecule has 3 heterocycles. The van der Waals surface area contributed by atoms with Gasteiger partial charge < -0.3 is 25.5 Å². The lowest BCUT2D eigenvalue weighted by Crippen LogP contribution is -2.40. The molecule has 1 fully saturated rings.